The van der Waals surface area contributed by atoms with E-state index in [9.17, 15) is 0 Å². The maximum atomic E-state index is 6.06. The Morgan fingerprint density at radius 1 is 1.53 bits per heavy atom. The van der Waals surface area contributed by atoms with Crippen LogP contribution in [0.4, 0.5) is 0 Å². The Morgan fingerprint density at radius 2 is 2.40 bits per heavy atom. The van der Waals surface area contributed by atoms with E-state index in [1.165, 1.54) is 0 Å². The maximum Gasteiger partial charge on any atom is 0.0947 e. The molecule has 0 amide bonds. The number of hydrogen-bond acceptors (Lipinski definition) is 4. The van der Waals surface area contributed by atoms with Crippen LogP contribution in [0.3, 0.4) is 0 Å². The maximum absolute atomic E-state index is 6.06. The number of hydrogen-bond donors (Lipinski definition) is 1. The van der Waals surface area contributed by atoms with Crippen molar-refractivity contribution in [2.45, 2.75) is 19.4 Å². The summed E-state index contributed by atoms with van der Waals surface area (Å²) in [5, 5.41) is 3.13. The molecule has 3 nitrogen and oxygen atoms in total. The molecule has 2 aromatic heterocycles. The molecule has 15 heavy (non-hydrogen) atoms. The molecule has 0 fully saturated rings. The van der Waals surface area contributed by atoms with Gasteiger partial charge in [-0.15, -0.1) is 11.3 Å². The second kappa shape index (κ2) is 4.51. The minimum absolute atomic E-state index is 0.00995. The summed E-state index contributed by atoms with van der Waals surface area (Å²) in [6.07, 6.45) is 4.35. The number of aromatic nitrogens is 2. The second-order valence-electron chi connectivity index (χ2n) is 3.48. The highest BCUT2D eigenvalue weighted by Crippen LogP contribution is 2.17. The molecule has 0 aliphatic heterocycles. The van der Waals surface area contributed by atoms with Crippen LogP contribution in [0, 0.1) is 6.92 Å². The summed E-state index contributed by atoms with van der Waals surface area (Å²) in [4.78, 5) is 8.45. The van der Waals surface area contributed by atoms with E-state index in [0.29, 0.717) is 0 Å². The molecule has 0 radical (unpaired) electrons. The lowest BCUT2D eigenvalue weighted by atomic mass is 10.1. The van der Waals surface area contributed by atoms with Crippen LogP contribution in [-0.2, 0) is 6.42 Å². The molecule has 2 rings (SSSR count). The molecule has 2 aromatic rings. The first kappa shape index (κ1) is 10.3. The number of aryl methyl sites for hydroxylation is 1. The van der Waals surface area contributed by atoms with Gasteiger partial charge in [-0.05, 0) is 18.6 Å². The highest BCUT2D eigenvalue weighted by Gasteiger charge is 2.09. The Bertz CT molecular complexity index is 424. The Hall–Kier alpha value is -1.26. The zero-order chi connectivity index (χ0) is 10.7. The first-order chi connectivity index (χ1) is 7.25. The van der Waals surface area contributed by atoms with Gasteiger partial charge in [0.05, 0.1) is 5.01 Å². The van der Waals surface area contributed by atoms with Crippen molar-refractivity contribution in [2.75, 3.05) is 0 Å². The van der Waals surface area contributed by atoms with Crippen molar-refractivity contribution in [3.8, 4) is 0 Å². The predicted molar refractivity (Wildman–Crippen MR) is 61.7 cm³/mol. The van der Waals surface area contributed by atoms with E-state index in [1.54, 1.807) is 17.5 Å². The SMILES string of the molecule is Cc1csc(CC(N)c2cccnc2)n1. The molecule has 0 aromatic carbocycles. The van der Waals surface area contributed by atoms with E-state index < -0.39 is 0 Å². The summed E-state index contributed by atoms with van der Waals surface area (Å²) in [7, 11) is 0. The number of rotatable bonds is 3. The van der Waals surface area contributed by atoms with E-state index >= 15 is 0 Å². The molecular weight excluding hydrogens is 206 g/mol. The van der Waals surface area contributed by atoms with E-state index in [2.05, 4.69) is 9.97 Å². The average Bonchev–Trinajstić information content (AvgIpc) is 2.65. The summed E-state index contributed by atoms with van der Waals surface area (Å²) < 4.78 is 0. The Balaban J connectivity index is 2.07. The summed E-state index contributed by atoms with van der Waals surface area (Å²) in [5.74, 6) is 0. The van der Waals surface area contributed by atoms with E-state index in [4.69, 9.17) is 5.73 Å². The Kier molecular flexibility index (Phi) is 3.08. The van der Waals surface area contributed by atoms with Crippen molar-refractivity contribution in [1.29, 1.82) is 0 Å². The van der Waals surface area contributed by atoms with Crippen molar-refractivity contribution in [3.63, 3.8) is 0 Å². The van der Waals surface area contributed by atoms with Gasteiger partial charge in [0.25, 0.3) is 0 Å². The lowest BCUT2D eigenvalue weighted by Gasteiger charge is -2.08. The third-order valence-electron chi connectivity index (χ3n) is 2.17. The van der Waals surface area contributed by atoms with Gasteiger partial charge in [0.2, 0.25) is 0 Å². The standard InChI is InChI=1S/C11H13N3S/c1-8-7-15-11(14-8)5-10(12)9-3-2-4-13-6-9/h2-4,6-7,10H,5,12H2,1H3. The van der Waals surface area contributed by atoms with Gasteiger partial charge < -0.3 is 5.73 Å². The molecule has 0 aliphatic rings. The molecule has 0 aliphatic carbocycles. The first-order valence-electron chi connectivity index (χ1n) is 4.82. The summed E-state index contributed by atoms with van der Waals surface area (Å²) in [5.41, 5.74) is 8.19. The van der Waals surface area contributed by atoms with Crippen molar-refractivity contribution >= 4 is 11.3 Å². The number of pyridine rings is 1. The van der Waals surface area contributed by atoms with Crippen LogP contribution in [0.25, 0.3) is 0 Å². The number of thiazole rings is 1. The van der Waals surface area contributed by atoms with Gasteiger partial charge in [-0.1, -0.05) is 6.07 Å². The third kappa shape index (κ3) is 2.61. The van der Waals surface area contributed by atoms with E-state index in [1.807, 2.05) is 30.6 Å². The fourth-order valence-electron chi connectivity index (χ4n) is 1.40. The van der Waals surface area contributed by atoms with Gasteiger partial charge in [0.1, 0.15) is 0 Å². The van der Waals surface area contributed by atoms with Crippen LogP contribution in [-0.4, -0.2) is 9.97 Å². The number of nitrogens with zero attached hydrogens (tertiary/aromatic N) is 2. The minimum atomic E-state index is -0.00995. The molecule has 0 saturated heterocycles. The number of nitrogens with two attached hydrogens (primary N) is 1. The molecule has 0 saturated carbocycles. The highest BCUT2D eigenvalue weighted by atomic mass is 32.1. The molecule has 2 N–H and O–H groups in total. The van der Waals surface area contributed by atoms with Gasteiger partial charge in [0, 0.05) is 35.9 Å². The second-order valence-corrected chi connectivity index (χ2v) is 4.42. The van der Waals surface area contributed by atoms with Crippen LogP contribution in [0.15, 0.2) is 29.9 Å². The molecule has 0 bridgehead atoms. The highest BCUT2D eigenvalue weighted by molar-refractivity contribution is 7.09. The van der Waals surface area contributed by atoms with Crippen molar-refractivity contribution < 1.29 is 0 Å². The van der Waals surface area contributed by atoms with Gasteiger partial charge >= 0.3 is 0 Å². The lowest BCUT2D eigenvalue weighted by molar-refractivity contribution is 0.713. The van der Waals surface area contributed by atoms with Crippen LogP contribution >= 0.6 is 11.3 Å². The summed E-state index contributed by atoms with van der Waals surface area (Å²) in [6.45, 7) is 2.00. The van der Waals surface area contributed by atoms with Gasteiger partial charge in [-0.3, -0.25) is 4.98 Å². The predicted octanol–water partition coefficient (Wildman–Crippen LogP) is 2.09. The van der Waals surface area contributed by atoms with Gasteiger partial charge in [0.15, 0.2) is 0 Å². The van der Waals surface area contributed by atoms with Crippen molar-refractivity contribution in [2.24, 2.45) is 5.73 Å². The van der Waals surface area contributed by atoms with Gasteiger partial charge in [-0.25, -0.2) is 4.98 Å². The monoisotopic (exact) mass is 219 g/mol. The van der Waals surface area contributed by atoms with E-state index in [-0.39, 0.29) is 6.04 Å². The smallest absolute Gasteiger partial charge is 0.0947 e. The molecule has 4 heteroatoms. The van der Waals surface area contributed by atoms with Crippen LogP contribution in [0.1, 0.15) is 22.3 Å². The van der Waals surface area contributed by atoms with E-state index in [0.717, 1.165) is 22.7 Å². The van der Waals surface area contributed by atoms with Crippen molar-refractivity contribution in [3.05, 3.63) is 46.2 Å². The molecule has 78 valence electrons. The fraction of sp³-hybridized carbons (Fsp3) is 0.273. The zero-order valence-corrected chi connectivity index (χ0v) is 9.37. The average molecular weight is 219 g/mol. The Morgan fingerprint density at radius 3 is 3.00 bits per heavy atom. The zero-order valence-electron chi connectivity index (χ0n) is 8.55. The van der Waals surface area contributed by atoms with Crippen molar-refractivity contribution in [1.82, 2.24) is 9.97 Å². The molecular formula is C11H13N3S. The van der Waals surface area contributed by atoms with Crippen LogP contribution in [0.5, 0.6) is 0 Å². The summed E-state index contributed by atoms with van der Waals surface area (Å²) >= 11 is 1.66. The van der Waals surface area contributed by atoms with Crippen LogP contribution in [0.2, 0.25) is 0 Å². The fourth-order valence-corrected chi connectivity index (χ4v) is 2.23. The molecule has 1 atom stereocenters. The molecule has 1 unspecified atom stereocenters. The minimum Gasteiger partial charge on any atom is -0.324 e. The molecule has 0 spiro atoms. The van der Waals surface area contributed by atoms with Crippen LogP contribution < -0.4 is 5.73 Å². The topological polar surface area (TPSA) is 51.8 Å². The Labute approximate surface area is 93.0 Å². The molecule has 2 heterocycles. The van der Waals surface area contributed by atoms with Gasteiger partial charge in [-0.2, -0.15) is 0 Å². The quantitative estimate of drug-likeness (QED) is 0.860. The third-order valence-corrected chi connectivity index (χ3v) is 3.16. The first-order valence-corrected chi connectivity index (χ1v) is 5.70. The largest absolute Gasteiger partial charge is 0.324 e. The normalized spacial score (nSPS) is 12.7. The summed E-state index contributed by atoms with van der Waals surface area (Å²) in [6, 6.07) is 3.89. The lowest BCUT2D eigenvalue weighted by Crippen LogP contribution is -2.13.